The van der Waals surface area contributed by atoms with Crippen molar-refractivity contribution in [1.82, 2.24) is 0 Å². The van der Waals surface area contributed by atoms with Gasteiger partial charge in [-0.2, -0.15) is 0 Å². The monoisotopic (exact) mass is 332 g/mol. The summed E-state index contributed by atoms with van der Waals surface area (Å²) in [6, 6.07) is 0. The molecule has 0 heterocycles. The van der Waals surface area contributed by atoms with Gasteiger partial charge in [0.05, 0.1) is 6.10 Å². The van der Waals surface area contributed by atoms with Crippen molar-refractivity contribution in [3.63, 3.8) is 0 Å². The van der Waals surface area contributed by atoms with Gasteiger partial charge in [-0.15, -0.1) is 0 Å². The van der Waals surface area contributed by atoms with Crippen LogP contribution in [0.15, 0.2) is 11.6 Å². The first kappa shape index (κ1) is 16.6. The topological polar surface area (TPSA) is 46.5 Å². The predicted octanol–water partition coefficient (Wildman–Crippen LogP) is 4.24. The first-order chi connectivity index (χ1) is 11.3. The quantitative estimate of drug-likeness (QED) is 0.577. The highest BCUT2D eigenvalue weighted by molar-refractivity contribution is 5.66. The van der Waals surface area contributed by atoms with Gasteiger partial charge >= 0.3 is 5.97 Å². The van der Waals surface area contributed by atoms with Crippen LogP contribution in [0, 0.1) is 28.6 Å². The summed E-state index contributed by atoms with van der Waals surface area (Å²) in [7, 11) is 0. The first-order valence-corrected chi connectivity index (χ1v) is 9.89. The van der Waals surface area contributed by atoms with Gasteiger partial charge in [0.2, 0.25) is 0 Å². The Labute approximate surface area is 145 Å². The summed E-state index contributed by atoms with van der Waals surface area (Å²) in [4.78, 5) is 11.5. The molecule has 2 unspecified atom stereocenters. The lowest BCUT2D eigenvalue weighted by atomic mass is 9.48. The fourth-order valence-corrected chi connectivity index (χ4v) is 6.99. The Morgan fingerprint density at radius 3 is 2.71 bits per heavy atom. The van der Waals surface area contributed by atoms with E-state index in [1.165, 1.54) is 24.8 Å². The van der Waals surface area contributed by atoms with Crippen molar-refractivity contribution in [2.24, 2.45) is 28.6 Å². The van der Waals surface area contributed by atoms with E-state index in [0.717, 1.165) is 43.9 Å². The van der Waals surface area contributed by atoms with Crippen molar-refractivity contribution >= 4 is 5.97 Å². The van der Waals surface area contributed by atoms with Crippen LogP contribution in [-0.4, -0.2) is 23.3 Å². The number of rotatable bonds is 1. The van der Waals surface area contributed by atoms with E-state index in [-0.39, 0.29) is 23.6 Å². The molecule has 7 atom stereocenters. The Kier molecular flexibility index (Phi) is 3.87. The number of hydrogen-bond acceptors (Lipinski definition) is 3. The zero-order chi connectivity index (χ0) is 17.1. The summed E-state index contributed by atoms with van der Waals surface area (Å²) in [6.07, 6.45) is 11.3. The lowest BCUT2D eigenvalue weighted by molar-refractivity contribution is -0.156. The number of carbonyl (C=O) groups is 1. The van der Waals surface area contributed by atoms with Crippen LogP contribution < -0.4 is 0 Å². The zero-order valence-electron chi connectivity index (χ0n) is 15.4. The Balaban J connectivity index is 1.62. The van der Waals surface area contributed by atoms with Crippen LogP contribution in [-0.2, 0) is 9.53 Å². The highest BCUT2D eigenvalue weighted by Gasteiger charge is 2.59. The van der Waals surface area contributed by atoms with E-state index in [1.807, 2.05) is 0 Å². The molecule has 0 bridgehead atoms. The van der Waals surface area contributed by atoms with Gasteiger partial charge in [0.15, 0.2) is 0 Å². The standard InChI is InChI=1S/C21H32O3/c1-13(22)24-19-7-6-17-16-5-4-14-12-15(23)8-10-20(14,2)18(16)9-11-21(17,19)3/h4,15-19,23H,5-12H2,1-3H3/t15?,16-,17-,18+,19?,20-,21-/m0/s1. The summed E-state index contributed by atoms with van der Waals surface area (Å²) in [5.74, 6) is 2.04. The van der Waals surface area contributed by atoms with E-state index < -0.39 is 0 Å². The molecule has 3 saturated carbocycles. The van der Waals surface area contributed by atoms with Crippen LogP contribution in [0.4, 0.5) is 0 Å². The molecule has 0 aromatic carbocycles. The van der Waals surface area contributed by atoms with Crippen LogP contribution in [0.5, 0.6) is 0 Å². The molecule has 0 radical (unpaired) electrons. The van der Waals surface area contributed by atoms with Gasteiger partial charge in [-0.1, -0.05) is 25.5 Å². The fraction of sp³-hybridized carbons (Fsp3) is 0.857. The second-order valence-corrected chi connectivity index (χ2v) is 9.38. The van der Waals surface area contributed by atoms with Crippen molar-refractivity contribution in [2.45, 2.75) is 84.3 Å². The van der Waals surface area contributed by atoms with Gasteiger partial charge in [-0.05, 0) is 74.5 Å². The van der Waals surface area contributed by atoms with E-state index in [2.05, 4.69) is 19.9 Å². The van der Waals surface area contributed by atoms with Gasteiger partial charge in [-0.25, -0.2) is 0 Å². The normalized spacial score (nSPS) is 50.3. The van der Waals surface area contributed by atoms with Crippen molar-refractivity contribution < 1.29 is 14.6 Å². The Morgan fingerprint density at radius 1 is 1.17 bits per heavy atom. The molecule has 0 aliphatic heterocycles. The SMILES string of the molecule is CC(=O)OC1CC[C@H]2[C@@H]3CC=C4CC(O)CC[C@]4(C)[C@@H]3CC[C@]12C. The van der Waals surface area contributed by atoms with Crippen molar-refractivity contribution in [3.05, 3.63) is 11.6 Å². The Bertz CT molecular complexity index is 567. The number of ether oxygens (including phenoxy) is 1. The summed E-state index contributed by atoms with van der Waals surface area (Å²) >= 11 is 0. The van der Waals surface area contributed by atoms with Gasteiger partial charge in [-0.3, -0.25) is 4.79 Å². The minimum Gasteiger partial charge on any atom is -0.462 e. The molecule has 0 spiro atoms. The molecular weight excluding hydrogens is 300 g/mol. The molecule has 134 valence electrons. The van der Waals surface area contributed by atoms with Gasteiger partial charge in [0, 0.05) is 12.3 Å². The molecule has 0 amide bonds. The number of aliphatic hydroxyl groups is 1. The smallest absolute Gasteiger partial charge is 0.302 e. The van der Waals surface area contributed by atoms with Crippen LogP contribution in [0.25, 0.3) is 0 Å². The lowest BCUT2D eigenvalue weighted by Gasteiger charge is -2.57. The molecule has 0 aromatic rings. The molecule has 4 aliphatic rings. The molecular formula is C21H32O3. The molecule has 4 aliphatic carbocycles. The molecule has 1 N–H and O–H groups in total. The third-order valence-electron chi connectivity index (χ3n) is 8.30. The average molecular weight is 332 g/mol. The molecule has 3 heteroatoms. The number of esters is 1. The number of allylic oxidation sites excluding steroid dienone is 1. The van der Waals surface area contributed by atoms with E-state index in [0.29, 0.717) is 11.3 Å². The molecule has 0 aromatic heterocycles. The first-order valence-electron chi connectivity index (χ1n) is 9.89. The van der Waals surface area contributed by atoms with Crippen LogP contribution >= 0.6 is 0 Å². The van der Waals surface area contributed by atoms with Gasteiger partial charge in [0.25, 0.3) is 0 Å². The number of fused-ring (bicyclic) bond motifs is 5. The molecule has 3 fully saturated rings. The maximum atomic E-state index is 11.5. The van der Waals surface area contributed by atoms with Crippen molar-refractivity contribution in [3.8, 4) is 0 Å². The highest BCUT2D eigenvalue weighted by Crippen LogP contribution is 2.65. The maximum absolute atomic E-state index is 11.5. The minimum atomic E-state index is -0.130. The van der Waals surface area contributed by atoms with Crippen molar-refractivity contribution in [2.75, 3.05) is 0 Å². The third-order valence-corrected chi connectivity index (χ3v) is 8.30. The summed E-state index contributed by atoms with van der Waals surface area (Å²) < 4.78 is 5.72. The predicted molar refractivity (Wildman–Crippen MR) is 93.3 cm³/mol. The van der Waals surface area contributed by atoms with Crippen LogP contribution in [0.3, 0.4) is 0 Å². The van der Waals surface area contributed by atoms with Crippen molar-refractivity contribution in [1.29, 1.82) is 0 Å². The number of carbonyl (C=O) groups excluding carboxylic acids is 1. The van der Waals surface area contributed by atoms with Crippen LogP contribution in [0.1, 0.15) is 72.1 Å². The van der Waals surface area contributed by atoms with E-state index >= 15 is 0 Å². The molecule has 4 rings (SSSR count). The second-order valence-electron chi connectivity index (χ2n) is 9.38. The fourth-order valence-electron chi connectivity index (χ4n) is 6.99. The number of hydrogen-bond donors (Lipinski definition) is 1. The van der Waals surface area contributed by atoms with Crippen LogP contribution in [0.2, 0.25) is 0 Å². The van der Waals surface area contributed by atoms with Gasteiger partial charge < -0.3 is 9.84 Å². The second kappa shape index (κ2) is 5.59. The van der Waals surface area contributed by atoms with Gasteiger partial charge in [0.1, 0.15) is 6.10 Å². The zero-order valence-corrected chi connectivity index (χ0v) is 15.4. The third kappa shape index (κ3) is 2.30. The molecule has 3 nitrogen and oxygen atoms in total. The molecule has 0 saturated heterocycles. The maximum Gasteiger partial charge on any atom is 0.302 e. The largest absolute Gasteiger partial charge is 0.462 e. The Morgan fingerprint density at radius 2 is 1.96 bits per heavy atom. The molecule has 24 heavy (non-hydrogen) atoms. The number of aliphatic hydroxyl groups excluding tert-OH is 1. The highest BCUT2D eigenvalue weighted by atomic mass is 16.5. The lowest BCUT2D eigenvalue weighted by Crippen LogP contribution is -2.51. The summed E-state index contributed by atoms with van der Waals surface area (Å²) in [5, 5.41) is 10.1. The summed E-state index contributed by atoms with van der Waals surface area (Å²) in [5.41, 5.74) is 1.99. The van der Waals surface area contributed by atoms with E-state index in [1.54, 1.807) is 6.92 Å². The van der Waals surface area contributed by atoms with E-state index in [9.17, 15) is 9.90 Å². The Hall–Kier alpha value is -0.830. The minimum absolute atomic E-state index is 0.118. The van der Waals surface area contributed by atoms with E-state index in [4.69, 9.17) is 4.74 Å². The average Bonchev–Trinajstić information content (AvgIpc) is 2.84. The summed E-state index contributed by atoms with van der Waals surface area (Å²) in [6.45, 7) is 6.38.